The summed E-state index contributed by atoms with van der Waals surface area (Å²) in [6.45, 7) is 7.82. The van der Waals surface area contributed by atoms with Gasteiger partial charge in [0, 0.05) is 11.8 Å². The van der Waals surface area contributed by atoms with Gasteiger partial charge in [0.25, 0.3) is 0 Å². The largest absolute Gasteiger partial charge is 0.412 e. The summed E-state index contributed by atoms with van der Waals surface area (Å²) in [7, 11) is 0. The Hall–Kier alpha value is -0.630. The molecule has 1 saturated carbocycles. The van der Waals surface area contributed by atoms with Gasteiger partial charge < -0.3 is 5.48 Å². The molecular formula is C9H16O2. The molecule has 0 amide bonds. The summed E-state index contributed by atoms with van der Waals surface area (Å²) in [5.74, 6) is 0.750. The zero-order valence-electron chi connectivity index (χ0n) is 7.18. The molecule has 2 atom stereocenters. The third-order valence-corrected chi connectivity index (χ3v) is 2.42. The zero-order chi connectivity index (χ0) is 7.72. The molecule has 11 heavy (non-hydrogen) atoms. The van der Waals surface area contributed by atoms with E-state index in [0.29, 0.717) is 5.78 Å². The van der Waals surface area contributed by atoms with Crippen LogP contribution in [0.4, 0.5) is 0 Å². The zero-order valence-corrected chi connectivity index (χ0v) is 7.18. The van der Waals surface area contributed by atoms with Gasteiger partial charge in [-0.25, -0.2) is 0 Å². The molecule has 0 aromatic carbocycles. The number of hydrogen-bond acceptors (Lipinski definition) is 1. The number of carbonyl (C=O) groups excluding carboxylic acids is 1. The molecule has 0 radical (unpaired) electrons. The highest BCUT2D eigenvalue weighted by atomic mass is 16.1. The molecule has 0 spiro atoms. The van der Waals surface area contributed by atoms with E-state index in [0.717, 1.165) is 18.4 Å². The van der Waals surface area contributed by atoms with Crippen molar-refractivity contribution in [3.63, 3.8) is 0 Å². The van der Waals surface area contributed by atoms with Crippen LogP contribution >= 0.6 is 0 Å². The van der Waals surface area contributed by atoms with Gasteiger partial charge in [-0.2, -0.15) is 0 Å². The number of Topliss-reactive ketones (excluding diaryl/α,β-unsaturated/α-hetero) is 1. The number of carbonyl (C=O) groups is 1. The van der Waals surface area contributed by atoms with Crippen molar-refractivity contribution in [2.75, 3.05) is 0 Å². The van der Waals surface area contributed by atoms with Crippen LogP contribution in [0.1, 0.15) is 26.7 Å². The first kappa shape index (κ1) is 10.4. The second kappa shape index (κ2) is 3.67. The van der Waals surface area contributed by atoms with Crippen molar-refractivity contribution in [2.24, 2.45) is 11.8 Å². The van der Waals surface area contributed by atoms with E-state index >= 15 is 0 Å². The minimum absolute atomic E-state index is 0. The minimum Gasteiger partial charge on any atom is -0.412 e. The van der Waals surface area contributed by atoms with Crippen molar-refractivity contribution in [2.45, 2.75) is 26.7 Å². The maximum absolute atomic E-state index is 11.3. The van der Waals surface area contributed by atoms with E-state index in [9.17, 15) is 4.79 Å². The highest BCUT2D eigenvalue weighted by Gasteiger charge is 2.26. The molecule has 0 heterocycles. The van der Waals surface area contributed by atoms with Gasteiger partial charge in [-0.05, 0) is 12.8 Å². The first-order chi connectivity index (χ1) is 4.63. The molecule has 2 heteroatoms. The second-order valence-corrected chi connectivity index (χ2v) is 3.22. The van der Waals surface area contributed by atoms with Gasteiger partial charge >= 0.3 is 0 Å². The van der Waals surface area contributed by atoms with E-state index in [1.807, 2.05) is 13.8 Å². The average molecular weight is 156 g/mol. The molecule has 1 rings (SSSR count). The first-order valence-electron chi connectivity index (χ1n) is 3.84. The second-order valence-electron chi connectivity index (χ2n) is 3.22. The van der Waals surface area contributed by atoms with Crippen molar-refractivity contribution in [1.82, 2.24) is 0 Å². The predicted octanol–water partition coefficient (Wildman–Crippen LogP) is 1.35. The Morgan fingerprint density at radius 1 is 1.45 bits per heavy atom. The van der Waals surface area contributed by atoms with Gasteiger partial charge in [0.05, 0.1) is 0 Å². The van der Waals surface area contributed by atoms with Gasteiger partial charge in [0.1, 0.15) is 5.78 Å². The van der Waals surface area contributed by atoms with Gasteiger partial charge in [0.15, 0.2) is 0 Å². The van der Waals surface area contributed by atoms with Crippen LogP contribution in [0, 0.1) is 11.8 Å². The maximum atomic E-state index is 11.3. The molecular weight excluding hydrogens is 140 g/mol. The normalized spacial score (nSPS) is 31.5. The maximum Gasteiger partial charge on any atom is 0.142 e. The molecule has 0 bridgehead atoms. The predicted molar refractivity (Wildman–Crippen MR) is 45.3 cm³/mol. The topological polar surface area (TPSA) is 48.6 Å². The van der Waals surface area contributed by atoms with Crippen LogP contribution in [-0.4, -0.2) is 11.3 Å². The van der Waals surface area contributed by atoms with Crippen molar-refractivity contribution < 1.29 is 10.3 Å². The molecule has 1 aliphatic rings. The lowest BCUT2D eigenvalue weighted by Gasteiger charge is -2.24. The Balaban J connectivity index is 0.000001000. The fraction of sp³-hybridized carbons (Fsp3) is 0.667. The number of hydrogen-bond donors (Lipinski definition) is 0. The summed E-state index contributed by atoms with van der Waals surface area (Å²) in [4.78, 5) is 11.3. The summed E-state index contributed by atoms with van der Waals surface area (Å²) >= 11 is 0. The third-order valence-electron chi connectivity index (χ3n) is 2.42. The van der Waals surface area contributed by atoms with Crippen molar-refractivity contribution in [1.29, 1.82) is 0 Å². The summed E-state index contributed by atoms with van der Waals surface area (Å²) in [5.41, 5.74) is 1.11. The highest BCUT2D eigenvalue weighted by molar-refractivity contribution is 5.86. The first-order valence-corrected chi connectivity index (χ1v) is 3.84. The summed E-state index contributed by atoms with van der Waals surface area (Å²) in [6, 6.07) is 0. The lowest BCUT2D eigenvalue weighted by atomic mass is 9.79. The van der Waals surface area contributed by atoms with E-state index in [4.69, 9.17) is 0 Å². The Morgan fingerprint density at radius 2 is 2.00 bits per heavy atom. The van der Waals surface area contributed by atoms with Crippen LogP contribution in [0.3, 0.4) is 0 Å². The number of rotatable bonds is 0. The average Bonchev–Trinajstić information content (AvgIpc) is 1.93. The van der Waals surface area contributed by atoms with E-state index in [2.05, 4.69) is 6.58 Å². The minimum atomic E-state index is 0. The van der Waals surface area contributed by atoms with Gasteiger partial charge in [-0.15, -0.1) is 0 Å². The fourth-order valence-corrected chi connectivity index (χ4v) is 1.39. The van der Waals surface area contributed by atoms with E-state index in [1.165, 1.54) is 0 Å². The van der Waals surface area contributed by atoms with Gasteiger partial charge in [-0.1, -0.05) is 26.0 Å². The Labute approximate surface area is 67.6 Å². The molecule has 2 nitrogen and oxygen atoms in total. The SMILES string of the molecule is C=C1CCC(C)C(=O)C1C.O. The standard InChI is InChI=1S/C9H14O.H2O/c1-6-4-5-7(2)9(10)8(6)3;/h7-8H,1,4-5H2,2-3H3;1H2. The molecule has 2 N–H and O–H groups in total. The highest BCUT2D eigenvalue weighted by Crippen LogP contribution is 2.28. The summed E-state index contributed by atoms with van der Waals surface area (Å²) in [5, 5.41) is 0. The lowest BCUT2D eigenvalue weighted by molar-refractivity contribution is -0.126. The fourth-order valence-electron chi connectivity index (χ4n) is 1.39. The van der Waals surface area contributed by atoms with Crippen LogP contribution in [0.5, 0.6) is 0 Å². The van der Waals surface area contributed by atoms with Crippen LogP contribution < -0.4 is 0 Å². The molecule has 2 unspecified atom stereocenters. The molecule has 1 fully saturated rings. The lowest BCUT2D eigenvalue weighted by Crippen LogP contribution is -2.25. The molecule has 64 valence electrons. The molecule has 0 aromatic heterocycles. The molecule has 0 saturated heterocycles. The van der Waals surface area contributed by atoms with Crippen molar-refractivity contribution in [3.8, 4) is 0 Å². The van der Waals surface area contributed by atoms with Crippen molar-refractivity contribution in [3.05, 3.63) is 12.2 Å². The third kappa shape index (κ3) is 1.90. The Bertz CT molecular complexity index is 172. The number of ketones is 1. The van der Waals surface area contributed by atoms with E-state index in [-0.39, 0.29) is 17.3 Å². The molecule has 0 aromatic rings. The quantitative estimate of drug-likeness (QED) is 0.488. The monoisotopic (exact) mass is 156 g/mol. The smallest absolute Gasteiger partial charge is 0.142 e. The van der Waals surface area contributed by atoms with Gasteiger partial charge in [-0.3, -0.25) is 4.79 Å². The summed E-state index contributed by atoms with van der Waals surface area (Å²) in [6.07, 6.45) is 2.04. The Kier molecular flexibility index (Phi) is 3.46. The van der Waals surface area contributed by atoms with Crippen LogP contribution in [0.15, 0.2) is 12.2 Å². The van der Waals surface area contributed by atoms with Crippen LogP contribution in [-0.2, 0) is 4.79 Å². The van der Waals surface area contributed by atoms with E-state index < -0.39 is 0 Å². The summed E-state index contributed by atoms with van der Waals surface area (Å²) < 4.78 is 0. The van der Waals surface area contributed by atoms with E-state index in [1.54, 1.807) is 0 Å². The van der Waals surface area contributed by atoms with Crippen LogP contribution in [0.2, 0.25) is 0 Å². The molecule has 0 aliphatic heterocycles. The number of allylic oxidation sites excluding steroid dienone is 1. The molecule has 1 aliphatic carbocycles. The van der Waals surface area contributed by atoms with Gasteiger partial charge in [0.2, 0.25) is 0 Å². The Morgan fingerprint density at radius 3 is 2.45 bits per heavy atom. The van der Waals surface area contributed by atoms with Crippen molar-refractivity contribution >= 4 is 5.78 Å². The van der Waals surface area contributed by atoms with Crippen LogP contribution in [0.25, 0.3) is 0 Å².